The summed E-state index contributed by atoms with van der Waals surface area (Å²) in [5.74, 6) is -0.884. The van der Waals surface area contributed by atoms with Gasteiger partial charge in [-0.2, -0.15) is 0 Å². The fraction of sp³-hybridized carbons (Fsp3) is 0.714. The van der Waals surface area contributed by atoms with Crippen LogP contribution < -0.4 is 5.32 Å². The Bertz CT molecular complexity index is 416. The zero-order valence-corrected chi connectivity index (χ0v) is 16.3. The maximum atomic E-state index is 11.5. The van der Waals surface area contributed by atoms with E-state index in [-0.39, 0.29) is 18.4 Å². The fourth-order valence-electron chi connectivity index (χ4n) is 2.50. The number of carboxylic acid groups (broad SMARTS) is 1. The van der Waals surface area contributed by atoms with Crippen molar-refractivity contribution in [2.45, 2.75) is 90.1 Å². The molecule has 0 unspecified atom stereocenters. The van der Waals surface area contributed by atoms with Crippen molar-refractivity contribution in [3.63, 3.8) is 0 Å². The Balaban J connectivity index is 3.33. The van der Waals surface area contributed by atoms with Crippen molar-refractivity contribution in [2.24, 2.45) is 0 Å². The van der Waals surface area contributed by atoms with Crippen molar-refractivity contribution < 1.29 is 19.8 Å². The van der Waals surface area contributed by atoms with E-state index in [1.165, 1.54) is 32.1 Å². The minimum absolute atomic E-state index is 0.0935. The molecular formula is C21H37NO4. The predicted octanol–water partition coefficient (Wildman–Crippen LogP) is 4.36. The monoisotopic (exact) mass is 367 g/mol. The molecular weight excluding hydrogens is 330 g/mol. The van der Waals surface area contributed by atoms with Gasteiger partial charge in [0.1, 0.15) is 0 Å². The third-order valence-corrected chi connectivity index (χ3v) is 4.02. The second-order valence-electron chi connectivity index (χ2n) is 6.80. The fourth-order valence-corrected chi connectivity index (χ4v) is 2.50. The van der Waals surface area contributed by atoms with E-state index in [1.807, 2.05) is 6.08 Å². The van der Waals surface area contributed by atoms with Gasteiger partial charge in [-0.05, 0) is 57.9 Å². The molecule has 0 aliphatic carbocycles. The van der Waals surface area contributed by atoms with E-state index < -0.39 is 5.97 Å². The first-order valence-electron chi connectivity index (χ1n) is 10.0. The van der Waals surface area contributed by atoms with E-state index in [4.69, 9.17) is 10.2 Å². The lowest BCUT2D eigenvalue weighted by atomic mass is 10.1. The minimum atomic E-state index is -0.791. The van der Waals surface area contributed by atoms with Crippen molar-refractivity contribution in [2.75, 3.05) is 6.54 Å². The van der Waals surface area contributed by atoms with Gasteiger partial charge < -0.3 is 15.5 Å². The molecule has 26 heavy (non-hydrogen) atoms. The first-order valence-corrected chi connectivity index (χ1v) is 10.0. The standard InChI is InChI=1S/C21H37NO4/c1-19(23)15-11-9-7-5-3-2-4-6-8-10-12-16-20(24)22-18-14-13-17-21(25)26/h9,11-12,16,19,23H,2-8,10,13-15,17-18H2,1H3,(H,22,24)(H,25,26)/b11-9+,16-12-/t19-/m1/s1. The Morgan fingerprint density at radius 1 is 0.885 bits per heavy atom. The molecule has 5 nitrogen and oxygen atoms in total. The SMILES string of the molecule is C[C@@H](O)C/C=C/CCCCCCCC/C=C\C(=O)NCCCCC(=O)O. The molecule has 0 bridgehead atoms. The van der Waals surface area contributed by atoms with Gasteiger partial charge in [-0.15, -0.1) is 0 Å². The van der Waals surface area contributed by atoms with Crippen LogP contribution >= 0.6 is 0 Å². The van der Waals surface area contributed by atoms with Gasteiger partial charge in [0.25, 0.3) is 0 Å². The summed E-state index contributed by atoms with van der Waals surface area (Å²) >= 11 is 0. The van der Waals surface area contributed by atoms with Crippen LogP contribution in [0.15, 0.2) is 24.3 Å². The lowest BCUT2D eigenvalue weighted by Crippen LogP contribution is -2.22. The zero-order valence-electron chi connectivity index (χ0n) is 16.3. The van der Waals surface area contributed by atoms with Gasteiger partial charge in [0, 0.05) is 13.0 Å². The summed E-state index contributed by atoms with van der Waals surface area (Å²) in [4.78, 5) is 21.9. The second-order valence-corrected chi connectivity index (χ2v) is 6.80. The molecule has 0 aromatic rings. The van der Waals surface area contributed by atoms with E-state index in [0.717, 1.165) is 25.7 Å². The molecule has 5 heteroatoms. The summed E-state index contributed by atoms with van der Waals surface area (Å²) in [5.41, 5.74) is 0. The van der Waals surface area contributed by atoms with E-state index >= 15 is 0 Å². The van der Waals surface area contributed by atoms with Crippen molar-refractivity contribution >= 4 is 11.9 Å². The molecule has 0 saturated carbocycles. The average molecular weight is 368 g/mol. The lowest BCUT2D eigenvalue weighted by Gasteiger charge is -2.01. The average Bonchev–Trinajstić information content (AvgIpc) is 2.58. The Morgan fingerprint density at radius 2 is 1.50 bits per heavy atom. The molecule has 0 saturated heterocycles. The molecule has 150 valence electrons. The van der Waals surface area contributed by atoms with Gasteiger partial charge in [0.05, 0.1) is 6.10 Å². The van der Waals surface area contributed by atoms with E-state index in [1.54, 1.807) is 13.0 Å². The molecule has 0 spiro atoms. The van der Waals surface area contributed by atoms with Crippen LogP contribution in [0, 0.1) is 0 Å². The number of allylic oxidation sites excluding steroid dienone is 2. The van der Waals surface area contributed by atoms with Crippen molar-refractivity contribution in [3.8, 4) is 0 Å². The summed E-state index contributed by atoms with van der Waals surface area (Å²) in [6.07, 6.45) is 18.9. The number of nitrogens with one attached hydrogen (secondary N) is 1. The Morgan fingerprint density at radius 3 is 2.12 bits per heavy atom. The van der Waals surface area contributed by atoms with Crippen molar-refractivity contribution in [1.29, 1.82) is 0 Å². The largest absolute Gasteiger partial charge is 0.481 e. The minimum Gasteiger partial charge on any atom is -0.481 e. The number of aliphatic hydroxyl groups is 1. The highest BCUT2D eigenvalue weighted by Crippen LogP contribution is 2.09. The number of hydrogen-bond acceptors (Lipinski definition) is 3. The highest BCUT2D eigenvalue weighted by Gasteiger charge is 1.98. The van der Waals surface area contributed by atoms with Crippen molar-refractivity contribution in [3.05, 3.63) is 24.3 Å². The summed E-state index contributed by atoms with van der Waals surface area (Å²) < 4.78 is 0. The third-order valence-electron chi connectivity index (χ3n) is 4.02. The van der Waals surface area contributed by atoms with Gasteiger partial charge in [0.2, 0.25) is 5.91 Å². The highest BCUT2D eigenvalue weighted by molar-refractivity contribution is 5.87. The molecule has 1 atom stereocenters. The zero-order chi connectivity index (χ0) is 19.5. The summed E-state index contributed by atoms with van der Waals surface area (Å²) in [6.45, 7) is 2.34. The molecule has 0 aromatic heterocycles. The second kappa shape index (κ2) is 18.2. The van der Waals surface area contributed by atoms with Crippen LogP contribution in [-0.4, -0.2) is 34.7 Å². The van der Waals surface area contributed by atoms with Crippen LogP contribution in [0.4, 0.5) is 0 Å². The summed E-state index contributed by atoms with van der Waals surface area (Å²) in [7, 11) is 0. The smallest absolute Gasteiger partial charge is 0.303 e. The van der Waals surface area contributed by atoms with Gasteiger partial charge in [-0.1, -0.05) is 43.9 Å². The van der Waals surface area contributed by atoms with Gasteiger partial charge in [0.15, 0.2) is 0 Å². The topological polar surface area (TPSA) is 86.6 Å². The number of hydrogen-bond donors (Lipinski definition) is 3. The van der Waals surface area contributed by atoms with E-state index in [9.17, 15) is 9.59 Å². The van der Waals surface area contributed by atoms with E-state index in [2.05, 4.69) is 17.5 Å². The maximum absolute atomic E-state index is 11.5. The molecule has 0 aliphatic heterocycles. The molecule has 3 N–H and O–H groups in total. The number of amides is 1. The molecule has 0 fully saturated rings. The molecule has 0 aromatic carbocycles. The van der Waals surface area contributed by atoms with Gasteiger partial charge in [-0.3, -0.25) is 9.59 Å². The van der Waals surface area contributed by atoms with Gasteiger partial charge >= 0.3 is 5.97 Å². The van der Waals surface area contributed by atoms with Crippen LogP contribution in [-0.2, 0) is 9.59 Å². The Hall–Kier alpha value is -1.62. The summed E-state index contributed by atoms with van der Waals surface area (Å²) in [6, 6.07) is 0. The number of aliphatic carboxylic acids is 1. The Kier molecular flexibility index (Phi) is 17.0. The first kappa shape index (κ1) is 24.4. The van der Waals surface area contributed by atoms with Crippen LogP contribution in [0.25, 0.3) is 0 Å². The third kappa shape index (κ3) is 20.4. The molecule has 0 rings (SSSR count). The predicted molar refractivity (Wildman–Crippen MR) is 106 cm³/mol. The van der Waals surface area contributed by atoms with Crippen LogP contribution in [0.3, 0.4) is 0 Å². The highest BCUT2D eigenvalue weighted by atomic mass is 16.4. The lowest BCUT2D eigenvalue weighted by molar-refractivity contribution is -0.137. The molecule has 1 amide bonds. The van der Waals surface area contributed by atoms with E-state index in [0.29, 0.717) is 19.4 Å². The molecule has 0 heterocycles. The normalized spacial score (nSPS) is 12.7. The first-order chi connectivity index (χ1) is 12.5. The quantitative estimate of drug-likeness (QED) is 0.202. The maximum Gasteiger partial charge on any atom is 0.303 e. The number of aliphatic hydroxyl groups excluding tert-OH is 1. The van der Waals surface area contributed by atoms with Crippen LogP contribution in [0.1, 0.15) is 84.0 Å². The molecule has 0 aliphatic rings. The summed E-state index contributed by atoms with van der Waals surface area (Å²) in [5, 5.41) is 20.4. The van der Waals surface area contributed by atoms with Gasteiger partial charge in [-0.25, -0.2) is 0 Å². The number of rotatable bonds is 17. The number of unbranched alkanes of at least 4 members (excludes halogenated alkanes) is 8. The number of carbonyl (C=O) groups excluding carboxylic acids is 1. The van der Waals surface area contributed by atoms with Crippen LogP contribution in [0.5, 0.6) is 0 Å². The molecule has 0 radical (unpaired) electrons. The number of carbonyl (C=O) groups is 2. The Labute approximate surface area is 158 Å². The number of carboxylic acids is 1. The van der Waals surface area contributed by atoms with Crippen LogP contribution in [0.2, 0.25) is 0 Å². The van der Waals surface area contributed by atoms with Crippen molar-refractivity contribution in [1.82, 2.24) is 5.32 Å².